The molecule has 0 fully saturated rings. The molecule has 0 saturated carbocycles. The Bertz CT molecular complexity index is 814. The highest BCUT2D eigenvalue weighted by molar-refractivity contribution is 5.86. The van der Waals surface area contributed by atoms with Gasteiger partial charge in [0.05, 0.1) is 18.0 Å². The number of ether oxygens (including phenoxy) is 2. The SMILES string of the molecule is C=C(C)C(=O)OCCc1ccc(N=Nc2ccc(OC(F)(F)F)cc2)cc1. The number of hydrogen-bond acceptors (Lipinski definition) is 5. The van der Waals surface area contributed by atoms with Gasteiger partial charge >= 0.3 is 12.3 Å². The van der Waals surface area contributed by atoms with E-state index < -0.39 is 12.3 Å². The van der Waals surface area contributed by atoms with Gasteiger partial charge in [-0.3, -0.25) is 0 Å². The van der Waals surface area contributed by atoms with Gasteiger partial charge in [-0.05, 0) is 48.9 Å². The summed E-state index contributed by atoms with van der Waals surface area (Å²) in [5.74, 6) is -0.745. The minimum atomic E-state index is -4.73. The summed E-state index contributed by atoms with van der Waals surface area (Å²) in [6, 6.07) is 12.2. The lowest BCUT2D eigenvalue weighted by Crippen LogP contribution is -2.16. The van der Waals surface area contributed by atoms with E-state index in [0.717, 1.165) is 17.7 Å². The van der Waals surface area contributed by atoms with Crippen LogP contribution < -0.4 is 4.74 Å². The van der Waals surface area contributed by atoms with Gasteiger partial charge in [0.15, 0.2) is 0 Å². The minimum absolute atomic E-state index is 0.249. The van der Waals surface area contributed by atoms with E-state index in [0.29, 0.717) is 23.4 Å². The molecule has 0 aliphatic rings. The molecule has 8 heteroatoms. The van der Waals surface area contributed by atoms with Gasteiger partial charge in [0.2, 0.25) is 0 Å². The van der Waals surface area contributed by atoms with Gasteiger partial charge < -0.3 is 9.47 Å². The predicted molar refractivity (Wildman–Crippen MR) is 93.2 cm³/mol. The second-order valence-corrected chi connectivity index (χ2v) is 5.57. The van der Waals surface area contributed by atoms with E-state index >= 15 is 0 Å². The van der Waals surface area contributed by atoms with Crippen molar-refractivity contribution in [1.29, 1.82) is 0 Å². The third-order valence-electron chi connectivity index (χ3n) is 3.26. The standard InChI is InChI=1S/C19H17F3N2O3/c1-13(2)18(25)26-12-11-14-3-5-15(6-4-14)23-24-16-7-9-17(10-8-16)27-19(20,21)22/h3-10H,1,11-12H2,2H3. The lowest BCUT2D eigenvalue weighted by atomic mass is 10.1. The molecule has 0 N–H and O–H groups in total. The van der Waals surface area contributed by atoms with Crippen molar-refractivity contribution >= 4 is 17.3 Å². The van der Waals surface area contributed by atoms with E-state index in [1.54, 1.807) is 19.1 Å². The van der Waals surface area contributed by atoms with Crippen molar-refractivity contribution in [2.75, 3.05) is 6.61 Å². The Labute approximate surface area is 154 Å². The summed E-state index contributed by atoms with van der Waals surface area (Å²) in [5.41, 5.74) is 2.27. The van der Waals surface area contributed by atoms with E-state index in [9.17, 15) is 18.0 Å². The number of alkyl halides is 3. The molecule has 0 radical (unpaired) electrons. The average Bonchev–Trinajstić information content (AvgIpc) is 2.61. The molecule has 0 aliphatic heterocycles. The lowest BCUT2D eigenvalue weighted by Gasteiger charge is -2.08. The number of hydrogen-bond donors (Lipinski definition) is 0. The second kappa shape index (κ2) is 8.98. The molecule has 5 nitrogen and oxygen atoms in total. The van der Waals surface area contributed by atoms with Crippen molar-refractivity contribution in [2.45, 2.75) is 19.7 Å². The molecule has 0 spiro atoms. The molecular formula is C19H17F3N2O3. The Hall–Kier alpha value is -3.16. The van der Waals surface area contributed by atoms with Gasteiger partial charge in [-0.25, -0.2) is 4.79 Å². The molecule has 2 rings (SSSR count). The molecule has 2 aromatic rings. The summed E-state index contributed by atoms with van der Waals surface area (Å²) in [6.45, 7) is 5.34. The molecular weight excluding hydrogens is 361 g/mol. The zero-order chi connectivity index (χ0) is 19.9. The molecule has 0 heterocycles. The fourth-order valence-electron chi connectivity index (χ4n) is 1.94. The van der Waals surface area contributed by atoms with Crippen LogP contribution in [0.5, 0.6) is 5.75 Å². The quantitative estimate of drug-likeness (QED) is 0.355. The van der Waals surface area contributed by atoms with Crippen molar-refractivity contribution in [3.8, 4) is 5.75 Å². The van der Waals surface area contributed by atoms with Gasteiger partial charge in [-0.2, -0.15) is 10.2 Å². The van der Waals surface area contributed by atoms with Crippen LogP contribution in [0.25, 0.3) is 0 Å². The molecule has 142 valence electrons. The largest absolute Gasteiger partial charge is 0.573 e. The first-order valence-corrected chi connectivity index (χ1v) is 7.92. The number of carbonyl (C=O) groups excluding carboxylic acids is 1. The topological polar surface area (TPSA) is 60.2 Å². The van der Waals surface area contributed by atoms with Gasteiger partial charge in [-0.1, -0.05) is 18.7 Å². The normalized spacial score (nSPS) is 11.4. The monoisotopic (exact) mass is 378 g/mol. The molecule has 0 saturated heterocycles. The smallest absolute Gasteiger partial charge is 0.462 e. The van der Waals surface area contributed by atoms with E-state index in [2.05, 4.69) is 21.5 Å². The fourth-order valence-corrected chi connectivity index (χ4v) is 1.94. The van der Waals surface area contributed by atoms with Crippen LogP contribution in [0.3, 0.4) is 0 Å². The molecule has 0 atom stereocenters. The Morgan fingerprint density at radius 2 is 1.52 bits per heavy atom. The zero-order valence-corrected chi connectivity index (χ0v) is 14.5. The minimum Gasteiger partial charge on any atom is -0.462 e. The molecule has 2 aromatic carbocycles. The van der Waals surface area contributed by atoms with Crippen molar-refractivity contribution in [3.05, 3.63) is 66.2 Å². The van der Waals surface area contributed by atoms with E-state index in [1.165, 1.54) is 12.1 Å². The van der Waals surface area contributed by atoms with Gasteiger partial charge in [-0.15, -0.1) is 13.2 Å². The lowest BCUT2D eigenvalue weighted by molar-refractivity contribution is -0.274. The molecule has 27 heavy (non-hydrogen) atoms. The molecule has 0 aromatic heterocycles. The second-order valence-electron chi connectivity index (χ2n) is 5.57. The number of halogens is 3. The predicted octanol–water partition coefficient (Wildman–Crippen LogP) is 5.66. The van der Waals surface area contributed by atoms with Crippen LogP contribution in [0.15, 0.2) is 70.9 Å². The van der Waals surface area contributed by atoms with Crippen molar-refractivity contribution in [1.82, 2.24) is 0 Å². The van der Waals surface area contributed by atoms with Crippen molar-refractivity contribution < 1.29 is 27.4 Å². The number of benzene rings is 2. The highest BCUT2D eigenvalue weighted by Gasteiger charge is 2.30. The van der Waals surface area contributed by atoms with E-state index in [1.807, 2.05) is 12.1 Å². The van der Waals surface area contributed by atoms with Gasteiger partial charge in [0.25, 0.3) is 0 Å². The summed E-state index contributed by atoms with van der Waals surface area (Å²) in [4.78, 5) is 11.3. The summed E-state index contributed by atoms with van der Waals surface area (Å²) < 4.78 is 45.1. The summed E-state index contributed by atoms with van der Waals surface area (Å²) in [5, 5.41) is 7.98. The van der Waals surface area contributed by atoms with Crippen LogP contribution in [0.4, 0.5) is 24.5 Å². The molecule has 0 aliphatic carbocycles. The Morgan fingerprint density at radius 1 is 1.00 bits per heavy atom. The van der Waals surface area contributed by atoms with Crippen LogP contribution in [-0.4, -0.2) is 18.9 Å². The van der Waals surface area contributed by atoms with Crippen LogP contribution >= 0.6 is 0 Å². The Kier molecular flexibility index (Phi) is 6.70. The zero-order valence-electron chi connectivity index (χ0n) is 14.5. The van der Waals surface area contributed by atoms with E-state index in [4.69, 9.17) is 4.74 Å². The van der Waals surface area contributed by atoms with Crippen LogP contribution in [0, 0.1) is 0 Å². The first-order valence-electron chi connectivity index (χ1n) is 7.92. The van der Waals surface area contributed by atoms with Crippen molar-refractivity contribution in [3.63, 3.8) is 0 Å². The van der Waals surface area contributed by atoms with Gasteiger partial charge in [0.1, 0.15) is 5.75 Å². The summed E-state index contributed by atoms with van der Waals surface area (Å²) >= 11 is 0. The van der Waals surface area contributed by atoms with Crippen molar-refractivity contribution in [2.24, 2.45) is 10.2 Å². The molecule has 0 bridgehead atoms. The highest BCUT2D eigenvalue weighted by atomic mass is 19.4. The maximum absolute atomic E-state index is 12.1. The highest BCUT2D eigenvalue weighted by Crippen LogP contribution is 2.26. The number of azo groups is 1. The maximum Gasteiger partial charge on any atom is 0.573 e. The number of nitrogens with zero attached hydrogens (tertiary/aromatic N) is 2. The summed E-state index contributed by atoms with van der Waals surface area (Å²) in [6.07, 6.45) is -4.18. The van der Waals surface area contributed by atoms with Crippen LogP contribution in [-0.2, 0) is 16.0 Å². The van der Waals surface area contributed by atoms with Crippen LogP contribution in [0.2, 0.25) is 0 Å². The number of carbonyl (C=O) groups is 1. The molecule has 0 unspecified atom stereocenters. The van der Waals surface area contributed by atoms with E-state index in [-0.39, 0.29) is 12.4 Å². The third-order valence-corrected chi connectivity index (χ3v) is 3.26. The first kappa shape index (κ1) is 20.2. The summed E-state index contributed by atoms with van der Waals surface area (Å²) in [7, 11) is 0. The van der Waals surface area contributed by atoms with Gasteiger partial charge in [0, 0.05) is 12.0 Å². The Morgan fingerprint density at radius 3 is 2.00 bits per heavy atom. The van der Waals surface area contributed by atoms with Crippen LogP contribution in [0.1, 0.15) is 12.5 Å². The maximum atomic E-state index is 12.1. The Balaban J connectivity index is 1.88. The average molecular weight is 378 g/mol. The third kappa shape index (κ3) is 7.31. The molecule has 0 amide bonds. The number of esters is 1. The fraction of sp³-hybridized carbons (Fsp3) is 0.211. The number of rotatable bonds is 7. The first-order chi connectivity index (χ1) is 12.7.